The lowest BCUT2D eigenvalue weighted by Gasteiger charge is -2.25. The molecule has 0 radical (unpaired) electrons. The van der Waals surface area contributed by atoms with Crippen LogP contribution in [-0.4, -0.2) is 17.1 Å². The average Bonchev–Trinajstić information content (AvgIpc) is 2.75. The van der Waals surface area contributed by atoms with Crippen molar-refractivity contribution in [3.8, 4) is 24.0 Å². The fourth-order valence-electron chi connectivity index (χ4n) is 2.28. The van der Waals surface area contributed by atoms with Crippen molar-refractivity contribution in [3.63, 3.8) is 0 Å². The fraction of sp³-hybridized carbons (Fsp3) is 0.158. The van der Waals surface area contributed by atoms with Crippen LogP contribution >= 0.6 is 23.8 Å². The molecule has 0 bridgehead atoms. The molecule has 2 rings (SSSR count). The summed E-state index contributed by atoms with van der Waals surface area (Å²) >= 11 is 10.7. The van der Waals surface area contributed by atoms with Crippen LogP contribution in [0.2, 0.25) is 5.02 Å². The van der Waals surface area contributed by atoms with Crippen molar-refractivity contribution in [2.24, 2.45) is 0 Å². The molecule has 0 aliphatic carbocycles. The summed E-state index contributed by atoms with van der Waals surface area (Å²) in [6, 6.07) is 7.53. The summed E-state index contributed by atoms with van der Waals surface area (Å²) < 4.78 is 73.3. The molecule has 2 aromatic carbocycles. The van der Waals surface area contributed by atoms with Crippen LogP contribution in [0.1, 0.15) is 23.6 Å². The summed E-state index contributed by atoms with van der Waals surface area (Å²) in [5.74, 6) is -11.2. The summed E-state index contributed by atoms with van der Waals surface area (Å²) in [7, 11) is 0. The lowest BCUT2D eigenvalue weighted by atomic mass is 10.0. The zero-order valence-corrected chi connectivity index (χ0v) is 16.9. The van der Waals surface area contributed by atoms with Gasteiger partial charge in [0.05, 0.1) is 27.8 Å². The first-order valence-electron chi connectivity index (χ1n) is 8.01. The predicted molar refractivity (Wildman–Crippen MR) is 101 cm³/mol. The molecule has 5 nitrogen and oxygen atoms in total. The van der Waals surface area contributed by atoms with Gasteiger partial charge in [-0.25, -0.2) is 22.0 Å². The van der Waals surface area contributed by atoms with E-state index in [0.717, 1.165) is 12.1 Å². The van der Waals surface area contributed by atoms with Gasteiger partial charge in [0.2, 0.25) is 5.82 Å². The molecule has 0 aliphatic heterocycles. The molecule has 158 valence electrons. The highest BCUT2D eigenvalue weighted by molar-refractivity contribution is 7.80. The number of benzene rings is 2. The zero-order valence-electron chi connectivity index (χ0n) is 15.3. The largest absolute Gasteiger partial charge is 0.488 e. The van der Waals surface area contributed by atoms with E-state index in [1.165, 1.54) is 6.92 Å². The molecule has 1 N–H and O–H groups in total. The van der Waals surface area contributed by atoms with Gasteiger partial charge in [-0.3, -0.25) is 0 Å². The first kappa shape index (κ1) is 23.8. The van der Waals surface area contributed by atoms with Gasteiger partial charge in [0, 0.05) is 6.07 Å². The van der Waals surface area contributed by atoms with Crippen molar-refractivity contribution in [1.29, 1.82) is 15.8 Å². The number of thiocarbonyl (C=S) groups is 1. The molecule has 0 saturated carbocycles. The van der Waals surface area contributed by atoms with Gasteiger partial charge < -0.3 is 10.1 Å². The SMILES string of the molecule is CC(C#N)(COc1cc(C#N)c(C#N)cc1Cl)NC(=S)c1c(F)c(F)c(F)c(F)c1F. The summed E-state index contributed by atoms with van der Waals surface area (Å²) in [5.41, 5.74) is -3.31. The minimum Gasteiger partial charge on any atom is -0.488 e. The van der Waals surface area contributed by atoms with Gasteiger partial charge in [0.25, 0.3) is 0 Å². The molecule has 0 aromatic heterocycles. The third-order valence-corrected chi connectivity index (χ3v) is 4.50. The van der Waals surface area contributed by atoms with Gasteiger partial charge in [0.1, 0.15) is 29.5 Å². The quantitative estimate of drug-likeness (QED) is 0.301. The van der Waals surface area contributed by atoms with E-state index >= 15 is 0 Å². The van der Waals surface area contributed by atoms with Crippen molar-refractivity contribution in [3.05, 3.63) is 62.9 Å². The first-order valence-corrected chi connectivity index (χ1v) is 8.80. The third-order valence-electron chi connectivity index (χ3n) is 3.90. The van der Waals surface area contributed by atoms with Gasteiger partial charge in [-0.1, -0.05) is 23.8 Å². The Balaban J connectivity index is 2.32. The molecule has 0 fully saturated rings. The molecule has 0 aliphatic rings. The normalized spacial score (nSPS) is 12.1. The highest BCUT2D eigenvalue weighted by Crippen LogP contribution is 2.29. The molecule has 2 aromatic rings. The molecule has 0 amide bonds. The minimum absolute atomic E-state index is 0.0199. The first-order chi connectivity index (χ1) is 14.5. The Morgan fingerprint density at radius 1 is 1.00 bits per heavy atom. The van der Waals surface area contributed by atoms with Crippen LogP contribution in [-0.2, 0) is 0 Å². The van der Waals surface area contributed by atoms with E-state index in [4.69, 9.17) is 39.1 Å². The second-order valence-corrected chi connectivity index (χ2v) is 7.00. The number of nitrogens with zero attached hydrogens (tertiary/aromatic N) is 3. The molecule has 0 heterocycles. The zero-order chi connectivity index (χ0) is 23.5. The molecule has 1 unspecified atom stereocenters. The van der Waals surface area contributed by atoms with Crippen molar-refractivity contribution in [1.82, 2.24) is 5.32 Å². The lowest BCUT2D eigenvalue weighted by Crippen LogP contribution is -2.49. The maximum atomic E-state index is 14.0. The van der Waals surface area contributed by atoms with E-state index in [-0.39, 0.29) is 21.9 Å². The van der Waals surface area contributed by atoms with Crippen LogP contribution in [0.25, 0.3) is 0 Å². The standard InChI is InChI=1S/C19H8ClF5N4OS/c1-19(6-28,7-30-11-3-9(5-27)8(4-26)2-10(11)20)29-18(31)12-13(21)15(23)17(25)16(24)14(12)22/h2-3H,7H2,1H3,(H,29,31). The lowest BCUT2D eigenvalue weighted by molar-refractivity contribution is 0.251. The summed E-state index contributed by atoms with van der Waals surface area (Å²) in [4.78, 5) is -0.927. The van der Waals surface area contributed by atoms with E-state index in [0.29, 0.717) is 0 Å². The summed E-state index contributed by atoms with van der Waals surface area (Å²) in [6.07, 6.45) is 0. The van der Waals surface area contributed by atoms with E-state index in [1.807, 2.05) is 0 Å². The number of hydrogen-bond acceptors (Lipinski definition) is 5. The molecular weight excluding hydrogens is 463 g/mol. The predicted octanol–water partition coefficient (Wildman–Crippen LogP) is 4.41. The van der Waals surface area contributed by atoms with E-state index in [9.17, 15) is 27.2 Å². The molecule has 0 spiro atoms. The molecule has 1 atom stereocenters. The van der Waals surface area contributed by atoms with Gasteiger partial charge >= 0.3 is 0 Å². The van der Waals surface area contributed by atoms with Crippen molar-refractivity contribution < 1.29 is 26.7 Å². The highest BCUT2D eigenvalue weighted by Gasteiger charge is 2.32. The summed E-state index contributed by atoms with van der Waals surface area (Å²) in [6.45, 7) is 0.601. The second kappa shape index (κ2) is 9.13. The fourth-order valence-corrected chi connectivity index (χ4v) is 2.91. The Hall–Kier alpha value is -3.46. The smallest absolute Gasteiger partial charge is 0.200 e. The van der Waals surface area contributed by atoms with Crippen LogP contribution in [0.5, 0.6) is 5.75 Å². The van der Waals surface area contributed by atoms with Crippen molar-refractivity contribution in [2.75, 3.05) is 6.61 Å². The molecule has 12 heteroatoms. The highest BCUT2D eigenvalue weighted by atomic mass is 35.5. The van der Waals surface area contributed by atoms with E-state index in [2.05, 4.69) is 5.32 Å². The van der Waals surface area contributed by atoms with Gasteiger partial charge in [0.15, 0.2) is 28.8 Å². The molecular formula is C19H8ClF5N4OS. The second-order valence-electron chi connectivity index (χ2n) is 6.18. The number of rotatable bonds is 5. The number of hydrogen-bond donors (Lipinski definition) is 1. The number of nitriles is 3. The third kappa shape index (κ3) is 4.66. The summed E-state index contributed by atoms with van der Waals surface area (Å²) in [5, 5.41) is 29.6. The Morgan fingerprint density at radius 3 is 1.97 bits per heavy atom. The molecule has 31 heavy (non-hydrogen) atoms. The van der Waals surface area contributed by atoms with Crippen LogP contribution in [0.3, 0.4) is 0 Å². The monoisotopic (exact) mass is 470 g/mol. The van der Waals surface area contributed by atoms with E-state index in [1.54, 1.807) is 18.2 Å². The van der Waals surface area contributed by atoms with Gasteiger partial charge in [-0.15, -0.1) is 0 Å². The van der Waals surface area contributed by atoms with Crippen LogP contribution in [0.4, 0.5) is 22.0 Å². The van der Waals surface area contributed by atoms with Crippen LogP contribution < -0.4 is 10.1 Å². The maximum Gasteiger partial charge on any atom is 0.200 e. The Morgan fingerprint density at radius 2 is 1.48 bits per heavy atom. The van der Waals surface area contributed by atoms with Crippen LogP contribution in [0.15, 0.2) is 12.1 Å². The average molecular weight is 471 g/mol. The van der Waals surface area contributed by atoms with Gasteiger partial charge in [-0.2, -0.15) is 15.8 Å². The van der Waals surface area contributed by atoms with E-state index < -0.39 is 51.8 Å². The van der Waals surface area contributed by atoms with Crippen LogP contribution in [0, 0.1) is 63.1 Å². The van der Waals surface area contributed by atoms with Gasteiger partial charge in [-0.05, 0) is 13.0 Å². The van der Waals surface area contributed by atoms with Crippen molar-refractivity contribution >= 4 is 28.8 Å². The number of nitrogens with one attached hydrogen (secondary N) is 1. The topological polar surface area (TPSA) is 92.6 Å². The Bertz CT molecular complexity index is 1190. The molecule has 0 saturated heterocycles. The maximum absolute atomic E-state index is 14.0. The number of ether oxygens (including phenoxy) is 1. The minimum atomic E-state index is -2.35. The Labute approximate surface area is 182 Å². The number of halogens is 6. The van der Waals surface area contributed by atoms with Crippen molar-refractivity contribution in [2.45, 2.75) is 12.5 Å². The Kier molecular flexibility index (Phi) is 7.02.